The first-order valence-electron chi connectivity index (χ1n) is 11.6. The van der Waals surface area contributed by atoms with E-state index in [1.54, 1.807) is 30.1 Å². The number of aromatic nitrogens is 1. The van der Waals surface area contributed by atoms with E-state index in [1.165, 1.54) is 18.2 Å². The van der Waals surface area contributed by atoms with Gasteiger partial charge in [-0.05, 0) is 74.7 Å². The second kappa shape index (κ2) is 11.7. The summed E-state index contributed by atoms with van der Waals surface area (Å²) < 4.78 is 47.8. The molecule has 198 valence electrons. The normalized spacial score (nSPS) is 11.7. The van der Waals surface area contributed by atoms with Crippen molar-refractivity contribution >= 4 is 23.2 Å². The predicted molar refractivity (Wildman–Crippen MR) is 137 cm³/mol. The van der Waals surface area contributed by atoms with E-state index in [-0.39, 0.29) is 41.2 Å². The van der Waals surface area contributed by atoms with Crippen LogP contribution in [0, 0.1) is 0 Å². The van der Waals surface area contributed by atoms with Gasteiger partial charge in [-0.25, -0.2) is 4.98 Å². The molecule has 2 aromatic carbocycles. The van der Waals surface area contributed by atoms with Gasteiger partial charge in [0.2, 0.25) is 0 Å². The molecule has 6 nitrogen and oxygen atoms in total. The lowest BCUT2D eigenvalue weighted by Crippen LogP contribution is -2.33. The zero-order valence-electron chi connectivity index (χ0n) is 21.0. The summed E-state index contributed by atoms with van der Waals surface area (Å²) in [6, 6.07) is 16.3. The van der Waals surface area contributed by atoms with Crippen LogP contribution >= 0.6 is 11.6 Å². The van der Waals surface area contributed by atoms with Gasteiger partial charge in [0, 0.05) is 20.1 Å². The molecule has 0 radical (unpaired) electrons. The van der Waals surface area contributed by atoms with Gasteiger partial charge >= 0.3 is 6.36 Å². The van der Waals surface area contributed by atoms with E-state index < -0.39 is 6.36 Å². The minimum absolute atomic E-state index is 0.150. The number of carbonyl (C=O) groups excluding carboxylic acids is 1. The van der Waals surface area contributed by atoms with E-state index in [2.05, 4.69) is 15.0 Å². The first kappa shape index (κ1) is 28.1. The van der Waals surface area contributed by atoms with Crippen LogP contribution < -0.4 is 14.8 Å². The third kappa shape index (κ3) is 8.86. The molecule has 0 bridgehead atoms. The van der Waals surface area contributed by atoms with E-state index in [0.29, 0.717) is 23.4 Å². The lowest BCUT2D eigenvalue weighted by molar-refractivity contribution is -0.274. The zero-order chi connectivity index (χ0) is 27.2. The number of pyridine rings is 1. The van der Waals surface area contributed by atoms with Gasteiger partial charge in [-0.3, -0.25) is 4.79 Å². The van der Waals surface area contributed by atoms with Crippen molar-refractivity contribution in [2.24, 2.45) is 0 Å². The van der Waals surface area contributed by atoms with Crippen molar-refractivity contribution in [3.8, 4) is 11.5 Å². The Kier molecular flexibility index (Phi) is 8.91. The molecular formula is C27H29ClF3N3O3. The summed E-state index contributed by atoms with van der Waals surface area (Å²) in [5.74, 6) is 0.0143. The molecule has 0 atom stereocenters. The molecular weight excluding hydrogens is 507 g/mol. The maximum atomic E-state index is 13.6. The summed E-state index contributed by atoms with van der Waals surface area (Å²) in [6.07, 6.45) is -4.49. The van der Waals surface area contributed by atoms with Crippen LogP contribution in [-0.4, -0.2) is 41.3 Å². The van der Waals surface area contributed by atoms with E-state index in [9.17, 15) is 18.0 Å². The van der Waals surface area contributed by atoms with Crippen molar-refractivity contribution in [1.82, 2.24) is 9.88 Å². The van der Waals surface area contributed by atoms with E-state index in [0.717, 1.165) is 5.56 Å². The number of ether oxygens (including phenoxy) is 2. The molecule has 37 heavy (non-hydrogen) atoms. The Hall–Kier alpha value is -3.46. The van der Waals surface area contributed by atoms with Gasteiger partial charge in [0.05, 0.1) is 5.69 Å². The van der Waals surface area contributed by atoms with Gasteiger partial charge in [-0.15, -0.1) is 13.2 Å². The van der Waals surface area contributed by atoms with Gasteiger partial charge < -0.3 is 19.7 Å². The molecule has 0 saturated heterocycles. The number of anilines is 1. The fourth-order valence-electron chi connectivity index (χ4n) is 3.60. The van der Waals surface area contributed by atoms with Crippen molar-refractivity contribution in [3.63, 3.8) is 0 Å². The van der Waals surface area contributed by atoms with Crippen LogP contribution in [0.25, 0.3) is 0 Å². The lowest BCUT2D eigenvalue weighted by Gasteiger charge is -2.25. The van der Waals surface area contributed by atoms with Crippen LogP contribution in [0.2, 0.25) is 5.15 Å². The molecule has 0 aliphatic heterocycles. The van der Waals surface area contributed by atoms with Crippen LogP contribution in [0.4, 0.5) is 18.9 Å². The highest BCUT2D eigenvalue weighted by Crippen LogP contribution is 2.25. The van der Waals surface area contributed by atoms with Crippen LogP contribution in [0.5, 0.6) is 11.5 Å². The minimum Gasteiger partial charge on any atom is -0.488 e. The molecule has 0 aliphatic carbocycles. The summed E-state index contributed by atoms with van der Waals surface area (Å²) in [6.45, 7) is 6.31. The summed E-state index contributed by atoms with van der Waals surface area (Å²) in [5.41, 5.74) is 1.74. The maximum Gasteiger partial charge on any atom is 0.573 e. The van der Waals surface area contributed by atoms with Crippen molar-refractivity contribution in [2.75, 3.05) is 18.9 Å². The van der Waals surface area contributed by atoms with Gasteiger partial charge in [-0.1, -0.05) is 35.9 Å². The Bertz CT molecular complexity index is 1210. The van der Waals surface area contributed by atoms with Crippen molar-refractivity contribution in [3.05, 3.63) is 82.6 Å². The van der Waals surface area contributed by atoms with Crippen LogP contribution in [0.3, 0.4) is 0 Å². The number of carbonyl (C=O) groups is 1. The lowest BCUT2D eigenvalue weighted by atomic mass is 10.1. The summed E-state index contributed by atoms with van der Waals surface area (Å²) >= 11 is 6.07. The Morgan fingerprint density at radius 3 is 2.30 bits per heavy atom. The van der Waals surface area contributed by atoms with E-state index >= 15 is 0 Å². The molecule has 0 unspecified atom stereocenters. The fraction of sp³-hybridized carbons (Fsp3) is 0.333. The number of nitrogens with one attached hydrogen (secondary N) is 1. The summed E-state index contributed by atoms with van der Waals surface area (Å²) in [5, 5.41) is 3.12. The highest BCUT2D eigenvalue weighted by atomic mass is 35.5. The SMILES string of the molecule is CNc1ccc(Cl)nc1C(=O)N(CCc1cccc(OC(F)(F)F)c1)Cc1ccc(OC(C)(C)C)cc1. The second-order valence-electron chi connectivity index (χ2n) is 9.31. The number of hydrogen-bond donors (Lipinski definition) is 1. The molecule has 0 fully saturated rings. The molecule has 1 heterocycles. The number of amides is 1. The molecule has 3 aromatic rings. The van der Waals surface area contributed by atoms with Gasteiger partial charge in [0.25, 0.3) is 5.91 Å². The molecule has 3 rings (SSSR count). The standard InChI is InChI=1S/C27H29ClF3N3O3/c1-26(2,3)36-20-10-8-19(9-11-20)17-34(25(35)24-22(32-4)12-13-23(28)33-24)15-14-18-6-5-7-21(16-18)37-27(29,30)31/h5-13,16,32H,14-15,17H2,1-4H3. The highest BCUT2D eigenvalue weighted by molar-refractivity contribution is 6.29. The average molecular weight is 536 g/mol. The minimum atomic E-state index is -4.79. The largest absolute Gasteiger partial charge is 0.573 e. The Labute approximate surface area is 219 Å². The third-order valence-electron chi connectivity index (χ3n) is 5.14. The first-order valence-corrected chi connectivity index (χ1v) is 12.0. The number of benzene rings is 2. The monoisotopic (exact) mass is 535 g/mol. The van der Waals surface area contributed by atoms with Crippen molar-refractivity contribution in [1.29, 1.82) is 0 Å². The van der Waals surface area contributed by atoms with Gasteiger partial charge in [-0.2, -0.15) is 0 Å². The molecule has 10 heteroatoms. The summed E-state index contributed by atoms with van der Waals surface area (Å²) in [4.78, 5) is 19.4. The molecule has 1 aromatic heterocycles. The summed E-state index contributed by atoms with van der Waals surface area (Å²) in [7, 11) is 1.67. The van der Waals surface area contributed by atoms with Gasteiger partial charge in [0.1, 0.15) is 22.3 Å². The second-order valence-corrected chi connectivity index (χ2v) is 9.70. The maximum absolute atomic E-state index is 13.6. The number of halogens is 4. The van der Waals surface area contributed by atoms with Crippen LogP contribution in [0.1, 0.15) is 42.4 Å². The average Bonchev–Trinajstić information content (AvgIpc) is 2.80. The van der Waals surface area contributed by atoms with E-state index in [1.807, 2.05) is 45.0 Å². The smallest absolute Gasteiger partial charge is 0.488 e. The Balaban J connectivity index is 1.85. The molecule has 0 aliphatic rings. The van der Waals surface area contributed by atoms with Crippen molar-refractivity contribution in [2.45, 2.75) is 45.7 Å². The highest BCUT2D eigenvalue weighted by Gasteiger charge is 2.31. The topological polar surface area (TPSA) is 63.7 Å². The Morgan fingerprint density at radius 2 is 1.68 bits per heavy atom. The van der Waals surface area contributed by atoms with Crippen LogP contribution in [0.15, 0.2) is 60.7 Å². The predicted octanol–water partition coefficient (Wildman–Crippen LogP) is 6.74. The number of alkyl halides is 3. The zero-order valence-corrected chi connectivity index (χ0v) is 21.8. The quantitative estimate of drug-likeness (QED) is 0.307. The molecule has 1 N–H and O–H groups in total. The molecule has 0 saturated carbocycles. The Morgan fingerprint density at radius 1 is 0.973 bits per heavy atom. The van der Waals surface area contributed by atoms with Crippen LogP contribution in [-0.2, 0) is 13.0 Å². The number of rotatable bonds is 9. The first-order chi connectivity index (χ1) is 17.3. The number of nitrogens with zero attached hydrogens (tertiary/aromatic N) is 2. The molecule has 0 spiro atoms. The van der Waals surface area contributed by atoms with Crippen molar-refractivity contribution < 1.29 is 27.4 Å². The third-order valence-corrected chi connectivity index (χ3v) is 5.35. The fourth-order valence-corrected chi connectivity index (χ4v) is 3.75. The number of hydrogen-bond acceptors (Lipinski definition) is 5. The van der Waals surface area contributed by atoms with E-state index in [4.69, 9.17) is 16.3 Å². The molecule has 1 amide bonds. The van der Waals surface area contributed by atoms with Gasteiger partial charge in [0.15, 0.2) is 5.69 Å².